The van der Waals surface area contributed by atoms with Crippen molar-refractivity contribution in [2.45, 2.75) is 6.42 Å². The van der Waals surface area contributed by atoms with Gasteiger partial charge < -0.3 is 0 Å². The van der Waals surface area contributed by atoms with Crippen LogP contribution in [0.3, 0.4) is 0 Å². The van der Waals surface area contributed by atoms with Crippen molar-refractivity contribution in [3.05, 3.63) is 47.5 Å². The lowest BCUT2D eigenvalue weighted by atomic mass is 9.92. The molecule has 0 aliphatic heterocycles. The van der Waals surface area contributed by atoms with Crippen LogP contribution in [0.15, 0.2) is 30.9 Å². The van der Waals surface area contributed by atoms with Gasteiger partial charge in [0.1, 0.15) is 6.29 Å². The molecule has 0 saturated carbocycles. The van der Waals surface area contributed by atoms with Gasteiger partial charge in [0.25, 0.3) is 0 Å². The summed E-state index contributed by atoms with van der Waals surface area (Å²) in [6.45, 7) is 3.97. The smallest absolute Gasteiger partial charge is 0.150 e. The number of rotatable bonds is 1. The van der Waals surface area contributed by atoms with E-state index < -0.39 is 0 Å². The summed E-state index contributed by atoms with van der Waals surface area (Å²) in [5.74, 6) is 0. The molecule has 1 aliphatic carbocycles. The molecular weight excluding hydrogens is 160 g/mol. The molecule has 0 aromatic heterocycles. The number of hydrogen-bond acceptors (Lipinski definition) is 1. The summed E-state index contributed by atoms with van der Waals surface area (Å²) in [6, 6.07) is 5.68. The zero-order chi connectivity index (χ0) is 9.26. The molecule has 1 nitrogen and oxygen atoms in total. The van der Waals surface area contributed by atoms with Gasteiger partial charge in [0, 0.05) is 5.56 Å². The quantitative estimate of drug-likeness (QED) is 0.592. The third kappa shape index (κ3) is 1.33. The molecule has 0 N–H and O–H groups in total. The van der Waals surface area contributed by atoms with E-state index in [2.05, 4.69) is 12.7 Å². The Balaban J connectivity index is 2.59. The van der Waals surface area contributed by atoms with Crippen molar-refractivity contribution in [1.29, 1.82) is 0 Å². The first-order valence-electron chi connectivity index (χ1n) is 4.25. The number of fused-ring (bicyclic) bond motifs is 1. The lowest BCUT2D eigenvalue weighted by Gasteiger charge is -2.12. The SMILES string of the molecule is C=C1CC=Cc2cc(C=O)ccc21. The molecule has 64 valence electrons. The lowest BCUT2D eigenvalue weighted by Crippen LogP contribution is -1.93. The molecule has 0 atom stereocenters. The molecule has 1 aromatic rings. The highest BCUT2D eigenvalue weighted by Gasteiger charge is 2.07. The highest BCUT2D eigenvalue weighted by molar-refractivity contribution is 5.83. The predicted octanol–water partition coefficient (Wildman–Crippen LogP) is 2.93. The Morgan fingerprint density at radius 2 is 2.23 bits per heavy atom. The van der Waals surface area contributed by atoms with Crippen LogP contribution in [0.4, 0.5) is 0 Å². The summed E-state index contributed by atoms with van der Waals surface area (Å²) in [5.41, 5.74) is 4.10. The van der Waals surface area contributed by atoms with Gasteiger partial charge in [-0.05, 0) is 29.2 Å². The number of allylic oxidation sites excluding steroid dienone is 2. The highest BCUT2D eigenvalue weighted by Crippen LogP contribution is 2.27. The van der Waals surface area contributed by atoms with Gasteiger partial charge in [-0.25, -0.2) is 0 Å². The van der Waals surface area contributed by atoms with Crippen molar-refractivity contribution in [1.82, 2.24) is 0 Å². The summed E-state index contributed by atoms with van der Waals surface area (Å²) in [6.07, 6.45) is 5.88. The summed E-state index contributed by atoms with van der Waals surface area (Å²) in [5, 5.41) is 0. The van der Waals surface area contributed by atoms with Crippen LogP contribution >= 0.6 is 0 Å². The third-order valence-corrected chi connectivity index (χ3v) is 2.25. The normalized spacial score (nSPS) is 14.0. The standard InChI is InChI=1S/C12H10O/c1-9-3-2-4-11-7-10(8-13)5-6-12(9)11/h2,4-8H,1,3H2. The molecule has 13 heavy (non-hydrogen) atoms. The minimum Gasteiger partial charge on any atom is -0.298 e. The molecule has 0 amide bonds. The predicted molar refractivity (Wildman–Crippen MR) is 54.5 cm³/mol. The van der Waals surface area contributed by atoms with E-state index in [0.717, 1.165) is 35.0 Å². The summed E-state index contributed by atoms with van der Waals surface area (Å²) >= 11 is 0. The van der Waals surface area contributed by atoms with E-state index >= 15 is 0 Å². The second-order valence-electron chi connectivity index (χ2n) is 3.17. The Morgan fingerprint density at radius 1 is 1.38 bits per heavy atom. The van der Waals surface area contributed by atoms with Crippen molar-refractivity contribution < 1.29 is 4.79 Å². The fourth-order valence-electron chi connectivity index (χ4n) is 1.55. The largest absolute Gasteiger partial charge is 0.298 e. The number of aldehydes is 1. The molecule has 1 aliphatic rings. The van der Waals surface area contributed by atoms with E-state index in [-0.39, 0.29) is 0 Å². The second kappa shape index (κ2) is 3.02. The third-order valence-electron chi connectivity index (χ3n) is 2.25. The van der Waals surface area contributed by atoms with Gasteiger partial charge in [0.2, 0.25) is 0 Å². The summed E-state index contributed by atoms with van der Waals surface area (Å²) in [7, 11) is 0. The van der Waals surface area contributed by atoms with Gasteiger partial charge in [-0.2, -0.15) is 0 Å². The van der Waals surface area contributed by atoms with Crippen LogP contribution in [0.2, 0.25) is 0 Å². The number of carbonyl (C=O) groups is 1. The Hall–Kier alpha value is -1.63. The molecule has 2 rings (SSSR count). The van der Waals surface area contributed by atoms with Crippen molar-refractivity contribution in [2.75, 3.05) is 0 Å². The fraction of sp³-hybridized carbons (Fsp3) is 0.0833. The van der Waals surface area contributed by atoms with E-state index in [0.29, 0.717) is 0 Å². The van der Waals surface area contributed by atoms with Crippen LogP contribution < -0.4 is 0 Å². The maximum absolute atomic E-state index is 10.5. The first-order valence-corrected chi connectivity index (χ1v) is 4.25. The minimum atomic E-state index is 0.720. The lowest BCUT2D eigenvalue weighted by molar-refractivity contribution is 0.112. The average molecular weight is 170 g/mol. The first-order chi connectivity index (χ1) is 6.31. The monoisotopic (exact) mass is 170 g/mol. The summed E-state index contributed by atoms with van der Waals surface area (Å²) < 4.78 is 0. The van der Waals surface area contributed by atoms with Gasteiger partial charge in [-0.3, -0.25) is 4.79 Å². The van der Waals surface area contributed by atoms with Crippen LogP contribution in [0, 0.1) is 0 Å². The van der Waals surface area contributed by atoms with E-state index in [1.807, 2.05) is 24.3 Å². The van der Waals surface area contributed by atoms with E-state index in [9.17, 15) is 4.79 Å². The van der Waals surface area contributed by atoms with E-state index in [4.69, 9.17) is 0 Å². The highest BCUT2D eigenvalue weighted by atomic mass is 16.1. The van der Waals surface area contributed by atoms with Crippen molar-refractivity contribution in [3.8, 4) is 0 Å². The first kappa shape index (κ1) is 7.99. The van der Waals surface area contributed by atoms with Crippen molar-refractivity contribution >= 4 is 17.9 Å². The van der Waals surface area contributed by atoms with Gasteiger partial charge in [0.05, 0.1) is 0 Å². The molecule has 1 aromatic carbocycles. The maximum Gasteiger partial charge on any atom is 0.150 e. The molecule has 0 spiro atoms. The number of hydrogen-bond donors (Lipinski definition) is 0. The second-order valence-corrected chi connectivity index (χ2v) is 3.17. The Kier molecular flexibility index (Phi) is 1.85. The number of carbonyl (C=O) groups excluding carboxylic acids is 1. The fourth-order valence-corrected chi connectivity index (χ4v) is 1.55. The molecule has 0 heterocycles. The van der Waals surface area contributed by atoms with Gasteiger partial charge >= 0.3 is 0 Å². The Bertz CT molecular complexity index is 400. The summed E-state index contributed by atoms with van der Waals surface area (Å²) in [4.78, 5) is 10.5. The minimum absolute atomic E-state index is 0.720. The van der Waals surface area contributed by atoms with Gasteiger partial charge in [-0.15, -0.1) is 0 Å². The zero-order valence-corrected chi connectivity index (χ0v) is 7.29. The Labute approximate surface area is 77.4 Å². The topological polar surface area (TPSA) is 17.1 Å². The van der Waals surface area contributed by atoms with Crippen LogP contribution in [0.5, 0.6) is 0 Å². The van der Waals surface area contributed by atoms with Crippen molar-refractivity contribution in [2.24, 2.45) is 0 Å². The maximum atomic E-state index is 10.5. The van der Waals surface area contributed by atoms with Gasteiger partial charge in [-0.1, -0.05) is 30.9 Å². The molecule has 0 fully saturated rings. The van der Waals surface area contributed by atoms with Crippen LogP contribution in [-0.4, -0.2) is 6.29 Å². The molecular formula is C12H10O. The van der Waals surface area contributed by atoms with Crippen LogP contribution in [0.25, 0.3) is 11.6 Å². The molecule has 0 bridgehead atoms. The molecule has 1 heteroatoms. The van der Waals surface area contributed by atoms with E-state index in [1.54, 1.807) is 0 Å². The number of benzene rings is 1. The Morgan fingerprint density at radius 3 is 3.00 bits per heavy atom. The van der Waals surface area contributed by atoms with E-state index in [1.165, 1.54) is 0 Å². The molecule has 0 radical (unpaired) electrons. The van der Waals surface area contributed by atoms with Crippen LogP contribution in [-0.2, 0) is 0 Å². The zero-order valence-electron chi connectivity index (χ0n) is 7.29. The average Bonchev–Trinajstić information content (AvgIpc) is 2.18. The van der Waals surface area contributed by atoms with Crippen LogP contribution in [0.1, 0.15) is 27.9 Å². The molecule has 0 saturated heterocycles. The van der Waals surface area contributed by atoms with Gasteiger partial charge in [0.15, 0.2) is 0 Å². The molecule has 0 unspecified atom stereocenters. The van der Waals surface area contributed by atoms with Crippen molar-refractivity contribution in [3.63, 3.8) is 0 Å².